The third kappa shape index (κ3) is 4.32. The van der Waals surface area contributed by atoms with Crippen molar-refractivity contribution in [3.8, 4) is 5.75 Å². The predicted octanol–water partition coefficient (Wildman–Crippen LogP) is 3.96. The van der Waals surface area contributed by atoms with Crippen molar-refractivity contribution in [2.45, 2.75) is 26.1 Å². The average molecular weight is 317 g/mol. The zero-order valence-corrected chi connectivity index (χ0v) is 12.1. The molecule has 0 unspecified atom stereocenters. The van der Waals surface area contributed by atoms with Gasteiger partial charge in [-0.05, 0) is 18.6 Å². The van der Waals surface area contributed by atoms with Gasteiger partial charge in [0.2, 0.25) is 5.13 Å². The first-order chi connectivity index (χ1) is 10.0. The number of para-hydroxylation sites is 1. The molecule has 1 aromatic carbocycles. The third-order valence-corrected chi connectivity index (χ3v) is 3.39. The monoisotopic (exact) mass is 317 g/mol. The van der Waals surface area contributed by atoms with Crippen LogP contribution < -0.4 is 10.1 Å². The first kappa shape index (κ1) is 15.6. The molecule has 0 saturated carbocycles. The molecule has 0 spiro atoms. The number of benzene rings is 1. The average Bonchev–Trinajstić information content (AvgIpc) is 2.90. The molecule has 1 heterocycles. The maximum Gasteiger partial charge on any atom is 0.419 e. The lowest BCUT2D eigenvalue weighted by Crippen LogP contribution is -2.08. The lowest BCUT2D eigenvalue weighted by atomic mass is 10.2. The van der Waals surface area contributed by atoms with Crippen LogP contribution in [0.3, 0.4) is 0 Å². The summed E-state index contributed by atoms with van der Waals surface area (Å²) >= 11 is 1.27. The van der Waals surface area contributed by atoms with Crippen molar-refractivity contribution in [1.82, 2.24) is 10.2 Å². The molecule has 0 saturated heterocycles. The van der Waals surface area contributed by atoms with Crippen molar-refractivity contribution in [2.75, 3.05) is 11.9 Å². The Balaban J connectivity index is 2.02. The SMILES string of the molecule is CCCNc1nnc(COc2ccccc2C(F)(F)F)s1. The first-order valence-electron chi connectivity index (χ1n) is 6.36. The van der Waals surface area contributed by atoms with Crippen LogP contribution in [0.4, 0.5) is 18.3 Å². The summed E-state index contributed by atoms with van der Waals surface area (Å²) in [6, 6.07) is 5.11. The number of anilines is 1. The highest BCUT2D eigenvalue weighted by molar-refractivity contribution is 7.15. The van der Waals surface area contributed by atoms with Crippen molar-refractivity contribution in [3.05, 3.63) is 34.8 Å². The van der Waals surface area contributed by atoms with Gasteiger partial charge in [0.05, 0.1) is 5.56 Å². The maximum atomic E-state index is 12.8. The molecule has 0 aliphatic heterocycles. The van der Waals surface area contributed by atoms with Gasteiger partial charge in [-0.3, -0.25) is 0 Å². The van der Waals surface area contributed by atoms with Crippen molar-refractivity contribution in [1.29, 1.82) is 0 Å². The van der Waals surface area contributed by atoms with E-state index in [1.54, 1.807) is 0 Å². The molecule has 0 aliphatic carbocycles. The van der Waals surface area contributed by atoms with Crippen molar-refractivity contribution in [3.63, 3.8) is 0 Å². The highest BCUT2D eigenvalue weighted by Gasteiger charge is 2.34. The van der Waals surface area contributed by atoms with Gasteiger partial charge in [-0.2, -0.15) is 13.2 Å². The largest absolute Gasteiger partial charge is 0.486 e. The highest BCUT2D eigenvalue weighted by Crippen LogP contribution is 2.36. The van der Waals surface area contributed by atoms with Crippen LogP contribution in [-0.2, 0) is 12.8 Å². The van der Waals surface area contributed by atoms with Gasteiger partial charge in [0, 0.05) is 6.54 Å². The van der Waals surface area contributed by atoms with Gasteiger partial charge in [0.25, 0.3) is 0 Å². The Morgan fingerprint density at radius 1 is 1.24 bits per heavy atom. The van der Waals surface area contributed by atoms with E-state index in [4.69, 9.17) is 4.74 Å². The summed E-state index contributed by atoms with van der Waals surface area (Å²) in [6.45, 7) is 2.75. The van der Waals surface area contributed by atoms with Crippen molar-refractivity contribution >= 4 is 16.5 Å². The van der Waals surface area contributed by atoms with Gasteiger partial charge >= 0.3 is 6.18 Å². The Labute approximate surface area is 124 Å². The summed E-state index contributed by atoms with van der Waals surface area (Å²) in [5.74, 6) is -0.205. The second kappa shape index (κ2) is 6.75. The second-order valence-electron chi connectivity index (χ2n) is 4.21. The van der Waals surface area contributed by atoms with E-state index in [1.165, 1.54) is 29.5 Å². The van der Waals surface area contributed by atoms with Crippen LogP contribution in [-0.4, -0.2) is 16.7 Å². The lowest BCUT2D eigenvalue weighted by molar-refractivity contribution is -0.139. The molecule has 4 nitrogen and oxygen atoms in total. The molecule has 1 aromatic heterocycles. The van der Waals surface area contributed by atoms with Gasteiger partial charge in [-0.25, -0.2) is 0 Å². The van der Waals surface area contributed by atoms with Gasteiger partial charge in [-0.15, -0.1) is 10.2 Å². The summed E-state index contributed by atoms with van der Waals surface area (Å²) in [6.07, 6.45) is -3.49. The minimum absolute atomic E-state index is 0.0431. The smallest absolute Gasteiger partial charge is 0.419 e. The van der Waals surface area contributed by atoms with Crippen molar-refractivity contribution < 1.29 is 17.9 Å². The summed E-state index contributed by atoms with van der Waals surface area (Å²) in [5, 5.41) is 12.0. The summed E-state index contributed by atoms with van der Waals surface area (Å²) in [4.78, 5) is 0. The van der Waals surface area contributed by atoms with E-state index in [2.05, 4.69) is 15.5 Å². The van der Waals surface area contributed by atoms with E-state index in [1.807, 2.05) is 6.92 Å². The van der Waals surface area contributed by atoms with Gasteiger partial charge in [0.15, 0.2) is 5.01 Å². The Bertz CT molecular complexity index is 586. The minimum atomic E-state index is -4.44. The highest BCUT2D eigenvalue weighted by atomic mass is 32.1. The molecule has 2 rings (SSSR count). The number of hydrogen-bond acceptors (Lipinski definition) is 5. The number of aromatic nitrogens is 2. The number of hydrogen-bond donors (Lipinski definition) is 1. The van der Waals surface area contributed by atoms with E-state index < -0.39 is 11.7 Å². The number of nitrogens with zero attached hydrogens (tertiary/aromatic N) is 2. The molecular formula is C13H14F3N3OS. The Kier molecular flexibility index (Phi) is 5.00. The number of halogens is 3. The third-order valence-electron chi connectivity index (χ3n) is 2.54. The van der Waals surface area contributed by atoms with E-state index >= 15 is 0 Å². The quantitative estimate of drug-likeness (QED) is 0.876. The lowest BCUT2D eigenvalue weighted by Gasteiger charge is -2.12. The van der Waals surface area contributed by atoms with Crippen LogP contribution >= 0.6 is 11.3 Å². The second-order valence-corrected chi connectivity index (χ2v) is 5.27. The fourth-order valence-corrected chi connectivity index (χ4v) is 2.26. The first-order valence-corrected chi connectivity index (χ1v) is 7.17. The fraction of sp³-hybridized carbons (Fsp3) is 0.385. The molecular weight excluding hydrogens is 303 g/mol. The van der Waals surface area contributed by atoms with Gasteiger partial charge < -0.3 is 10.1 Å². The summed E-state index contributed by atoms with van der Waals surface area (Å²) in [7, 11) is 0. The molecule has 0 atom stereocenters. The summed E-state index contributed by atoms with van der Waals surface area (Å²) < 4.78 is 43.6. The topological polar surface area (TPSA) is 47.0 Å². The van der Waals surface area contributed by atoms with E-state index in [-0.39, 0.29) is 12.4 Å². The van der Waals surface area contributed by atoms with Crippen molar-refractivity contribution in [2.24, 2.45) is 0 Å². The molecule has 1 N–H and O–H groups in total. The Hall–Kier alpha value is -1.83. The van der Waals surface area contributed by atoms with E-state index in [0.29, 0.717) is 10.1 Å². The van der Waals surface area contributed by atoms with E-state index in [0.717, 1.165) is 19.0 Å². The van der Waals surface area contributed by atoms with Crippen LogP contribution in [0, 0.1) is 0 Å². The molecule has 0 bridgehead atoms. The Morgan fingerprint density at radius 2 is 2.00 bits per heavy atom. The predicted molar refractivity (Wildman–Crippen MR) is 74.5 cm³/mol. The standard InChI is InChI=1S/C13H14F3N3OS/c1-2-7-17-12-19-18-11(21-12)8-20-10-6-4-3-5-9(10)13(14,15)16/h3-6H,2,7-8H2,1H3,(H,17,19). The van der Waals surface area contributed by atoms with Crippen LogP contribution in [0.2, 0.25) is 0 Å². The normalized spacial score (nSPS) is 11.4. The van der Waals surface area contributed by atoms with Gasteiger partial charge in [-0.1, -0.05) is 30.4 Å². The molecule has 2 aromatic rings. The molecule has 114 valence electrons. The zero-order valence-electron chi connectivity index (χ0n) is 11.3. The molecule has 8 heteroatoms. The molecule has 0 amide bonds. The van der Waals surface area contributed by atoms with Crippen LogP contribution in [0.5, 0.6) is 5.75 Å². The summed E-state index contributed by atoms with van der Waals surface area (Å²) in [5.41, 5.74) is -0.793. The number of ether oxygens (including phenoxy) is 1. The molecule has 0 radical (unpaired) electrons. The molecule has 21 heavy (non-hydrogen) atoms. The van der Waals surface area contributed by atoms with Gasteiger partial charge in [0.1, 0.15) is 12.4 Å². The molecule has 0 aliphatic rings. The van der Waals surface area contributed by atoms with Crippen LogP contribution in [0.15, 0.2) is 24.3 Å². The number of nitrogens with one attached hydrogen (secondary N) is 1. The van der Waals surface area contributed by atoms with Crippen LogP contribution in [0.1, 0.15) is 23.9 Å². The zero-order chi connectivity index (χ0) is 15.3. The molecule has 0 fully saturated rings. The Morgan fingerprint density at radius 3 is 2.71 bits per heavy atom. The minimum Gasteiger partial charge on any atom is -0.486 e. The van der Waals surface area contributed by atoms with E-state index in [9.17, 15) is 13.2 Å². The number of rotatable bonds is 6. The number of alkyl halides is 3. The van der Waals surface area contributed by atoms with Crippen LogP contribution in [0.25, 0.3) is 0 Å². The fourth-order valence-electron chi connectivity index (χ4n) is 1.58. The maximum absolute atomic E-state index is 12.8.